The summed E-state index contributed by atoms with van der Waals surface area (Å²) in [5.41, 5.74) is -6.25. The first-order valence-electron chi connectivity index (χ1n) is 6.80. The summed E-state index contributed by atoms with van der Waals surface area (Å²) in [6, 6.07) is 0. The topological polar surface area (TPSA) is 259 Å². The molecule has 0 aliphatic rings. The molecule has 0 spiro atoms. The maximum atomic E-state index is 11.4. The smallest absolute Gasteiger partial charge is 1.00 e. The molecule has 0 saturated heterocycles. The van der Waals surface area contributed by atoms with Crippen molar-refractivity contribution in [2.75, 3.05) is 0 Å². The second-order valence-corrected chi connectivity index (χ2v) is 6.02. The number of carboxylic acids is 4. The molecule has 2 atom stereocenters. The van der Waals surface area contributed by atoms with Crippen molar-refractivity contribution in [2.24, 2.45) is 0 Å². The summed E-state index contributed by atoms with van der Waals surface area (Å²) >= 11 is -3.30. The third-order valence-electron chi connectivity index (χ3n) is 2.88. The minimum absolute atomic E-state index is 0. The van der Waals surface area contributed by atoms with Crippen molar-refractivity contribution in [3.63, 3.8) is 0 Å². The second kappa shape index (κ2) is 11.8. The summed E-state index contributed by atoms with van der Waals surface area (Å²) in [6.45, 7) is 0. The van der Waals surface area contributed by atoms with E-state index in [0.29, 0.717) is 0 Å². The monoisotopic (exact) mass is 454 g/mol. The predicted molar refractivity (Wildman–Crippen MR) is 80.3 cm³/mol. The van der Waals surface area contributed by atoms with Gasteiger partial charge in [-0.1, -0.05) is 0 Å². The van der Waals surface area contributed by atoms with Gasteiger partial charge in [-0.2, -0.15) is 4.21 Å². The fourth-order valence-corrected chi connectivity index (χ4v) is 2.09. The van der Waals surface area contributed by atoms with Crippen LogP contribution in [0.25, 0.3) is 0 Å². The van der Waals surface area contributed by atoms with Gasteiger partial charge < -0.3 is 40.4 Å². The molecule has 29 heavy (non-hydrogen) atoms. The fourth-order valence-electron chi connectivity index (χ4n) is 1.63. The maximum absolute atomic E-state index is 11.4. The van der Waals surface area contributed by atoms with E-state index >= 15 is 0 Å². The molecule has 6 N–H and O–H groups in total. The molecule has 15 nitrogen and oxygen atoms in total. The van der Waals surface area contributed by atoms with Crippen molar-refractivity contribution < 1.29 is 103 Å². The van der Waals surface area contributed by atoms with E-state index in [0.717, 1.165) is 0 Å². The zero-order valence-corrected chi connectivity index (χ0v) is 17.4. The van der Waals surface area contributed by atoms with Gasteiger partial charge in [0.15, 0.2) is 11.2 Å². The van der Waals surface area contributed by atoms with Crippen LogP contribution < -0.4 is 29.6 Å². The Morgan fingerprint density at radius 2 is 0.966 bits per heavy atom. The normalized spacial score (nSPS) is 15.4. The molecule has 0 aromatic rings. The molecular weight excluding hydrogens is 439 g/mol. The number of hydrogen-bond acceptors (Lipinski definition) is 11. The molecule has 0 heterocycles. The number of carboxylic acid groups (broad SMARTS) is 4. The molecular formula is C12H15NaO15S. The summed E-state index contributed by atoms with van der Waals surface area (Å²) in [6.07, 6.45) is -5.86. The number of carbonyl (C=O) groups is 6. The van der Waals surface area contributed by atoms with Crippen molar-refractivity contribution in [3.8, 4) is 0 Å². The number of rotatable bonds is 12. The quantitative estimate of drug-likeness (QED) is 0.150. The molecule has 17 heteroatoms. The van der Waals surface area contributed by atoms with Crippen LogP contribution in [0, 0.1) is 0 Å². The standard InChI is InChI=1S/C12H14O15S.Na.H/c13-5(14)1-11(23,9(19)20)3-7(17)26-28(25)27-8(18)4-12(24,10(21)22)2-6(15)16;;/h23-24H,1-4H2,(H,13,14)(H,15,16)(H,19,20)(H,21,22);;/q;+1;-1. The van der Waals surface area contributed by atoms with Crippen molar-refractivity contribution >= 4 is 47.2 Å². The van der Waals surface area contributed by atoms with Crippen molar-refractivity contribution in [2.45, 2.75) is 36.9 Å². The van der Waals surface area contributed by atoms with E-state index in [-0.39, 0.29) is 31.0 Å². The molecule has 0 aliphatic carbocycles. The largest absolute Gasteiger partial charge is 1.00 e. The van der Waals surface area contributed by atoms with Crippen molar-refractivity contribution in [1.82, 2.24) is 0 Å². The Morgan fingerprint density at radius 1 is 0.690 bits per heavy atom. The Morgan fingerprint density at radius 3 is 1.17 bits per heavy atom. The SMILES string of the molecule is O=C(O)CC(O)(CC(=O)OS(=O)OC(=O)CC(O)(CC(=O)O)C(=O)O)C(=O)O.[H-].[Na+]. The summed E-state index contributed by atoms with van der Waals surface area (Å²) < 4.78 is 19.2. The first-order chi connectivity index (χ1) is 12.6. The van der Waals surface area contributed by atoms with E-state index in [4.69, 9.17) is 20.4 Å². The third kappa shape index (κ3) is 10.3. The van der Waals surface area contributed by atoms with E-state index in [1.165, 1.54) is 0 Å². The predicted octanol–water partition coefficient (Wildman–Crippen LogP) is -5.87. The van der Waals surface area contributed by atoms with Gasteiger partial charge >= 0.3 is 76.7 Å². The van der Waals surface area contributed by atoms with Crippen LogP contribution in [0.1, 0.15) is 27.1 Å². The summed E-state index contributed by atoms with van der Waals surface area (Å²) in [4.78, 5) is 65.6. The molecule has 0 bridgehead atoms. The number of hydrogen-bond donors (Lipinski definition) is 6. The van der Waals surface area contributed by atoms with Crippen LogP contribution >= 0.6 is 0 Å². The van der Waals surface area contributed by atoms with E-state index in [1.54, 1.807) is 0 Å². The van der Waals surface area contributed by atoms with Crippen LogP contribution in [0.15, 0.2) is 0 Å². The number of carbonyl (C=O) groups excluding carboxylic acids is 2. The van der Waals surface area contributed by atoms with E-state index < -0.39 is 84.1 Å². The van der Waals surface area contributed by atoms with Gasteiger partial charge in [0.05, 0.1) is 25.7 Å². The van der Waals surface area contributed by atoms with E-state index in [1.807, 2.05) is 0 Å². The van der Waals surface area contributed by atoms with Crippen LogP contribution in [0.4, 0.5) is 0 Å². The summed E-state index contributed by atoms with van der Waals surface area (Å²) in [5.74, 6) is -11.4. The molecule has 160 valence electrons. The van der Waals surface area contributed by atoms with Crippen LogP contribution in [-0.2, 0) is 48.5 Å². The molecule has 0 aromatic carbocycles. The van der Waals surface area contributed by atoms with Crippen LogP contribution in [-0.4, -0.2) is 81.9 Å². The summed E-state index contributed by atoms with van der Waals surface area (Å²) in [5, 5.41) is 53.7. The molecule has 0 aromatic heterocycles. The minimum Gasteiger partial charge on any atom is -1.00 e. The molecule has 0 aliphatic heterocycles. The van der Waals surface area contributed by atoms with E-state index in [2.05, 4.69) is 8.37 Å². The molecule has 0 radical (unpaired) electrons. The second-order valence-electron chi connectivity index (χ2n) is 5.28. The zero-order chi connectivity index (χ0) is 22.3. The van der Waals surface area contributed by atoms with Crippen LogP contribution in [0.5, 0.6) is 0 Å². The number of aliphatic hydroxyl groups is 2. The first kappa shape index (κ1) is 29.1. The Kier molecular flexibility index (Phi) is 11.8. The van der Waals surface area contributed by atoms with Gasteiger partial charge in [0, 0.05) is 0 Å². The Hall–Kier alpha value is -2.11. The van der Waals surface area contributed by atoms with Gasteiger partial charge in [-0.15, -0.1) is 0 Å². The average molecular weight is 454 g/mol. The fraction of sp³-hybridized carbons (Fsp3) is 0.500. The number of aliphatic carboxylic acids is 4. The average Bonchev–Trinajstić information content (AvgIpc) is 2.43. The van der Waals surface area contributed by atoms with Gasteiger partial charge in [0.1, 0.15) is 0 Å². The van der Waals surface area contributed by atoms with Crippen molar-refractivity contribution in [3.05, 3.63) is 0 Å². The van der Waals surface area contributed by atoms with Gasteiger partial charge in [-0.3, -0.25) is 19.2 Å². The van der Waals surface area contributed by atoms with Crippen molar-refractivity contribution in [1.29, 1.82) is 0 Å². The van der Waals surface area contributed by atoms with Crippen LogP contribution in [0.3, 0.4) is 0 Å². The van der Waals surface area contributed by atoms with Crippen LogP contribution in [0.2, 0.25) is 0 Å². The Balaban J connectivity index is -0.00000364. The minimum atomic E-state index is -3.30. The first-order valence-corrected chi connectivity index (χ1v) is 7.80. The molecule has 0 amide bonds. The molecule has 0 rings (SSSR count). The van der Waals surface area contributed by atoms with Gasteiger partial charge in [-0.05, 0) is 0 Å². The molecule has 0 saturated carbocycles. The van der Waals surface area contributed by atoms with Gasteiger partial charge in [-0.25, -0.2) is 9.59 Å². The molecule has 0 fully saturated rings. The third-order valence-corrected chi connectivity index (χ3v) is 3.52. The Bertz CT molecular complexity index is 668. The van der Waals surface area contributed by atoms with Gasteiger partial charge in [0.2, 0.25) is 0 Å². The Labute approximate surface area is 186 Å². The molecule has 2 unspecified atom stereocenters. The zero-order valence-electron chi connectivity index (χ0n) is 15.6. The maximum Gasteiger partial charge on any atom is 1.00 e. The summed E-state index contributed by atoms with van der Waals surface area (Å²) in [7, 11) is 0. The van der Waals surface area contributed by atoms with E-state index in [9.17, 15) is 43.2 Å². The van der Waals surface area contributed by atoms with Gasteiger partial charge in [0.25, 0.3) is 0 Å².